The highest BCUT2D eigenvalue weighted by molar-refractivity contribution is 5.77. The number of ether oxygens (including phenoxy) is 2. The van der Waals surface area contributed by atoms with Crippen molar-refractivity contribution in [3.8, 4) is 6.07 Å². The zero-order chi connectivity index (χ0) is 22.9. The molecule has 0 unspecified atom stereocenters. The molecule has 174 valence electrons. The van der Waals surface area contributed by atoms with Crippen molar-refractivity contribution >= 4 is 11.6 Å². The molecule has 3 fully saturated rings. The molecule has 32 heavy (non-hydrogen) atoms. The van der Waals surface area contributed by atoms with Crippen LogP contribution in [-0.2, 0) is 20.4 Å². The quantitative estimate of drug-likeness (QED) is 0.637. The predicted molar refractivity (Wildman–Crippen MR) is 111 cm³/mol. The van der Waals surface area contributed by atoms with E-state index in [0.717, 1.165) is 12.5 Å². The highest BCUT2D eigenvalue weighted by Gasteiger charge is 2.51. The van der Waals surface area contributed by atoms with Crippen molar-refractivity contribution in [2.24, 2.45) is 17.3 Å². The number of halogens is 3. The van der Waals surface area contributed by atoms with E-state index in [-0.39, 0.29) is 29.4 Å². The van der Waals surface area contributed by atoms with Crippen molar-refractivity contribution in [3.63, 3.8) is 0 Å². The number of alkyl halides is 3. The van der Waals surface area contributed by atoms with Crippen LogP contribution in [-0.4, -0.2) is 63.9 Å². The number of benzene rings is 1. The van der Waals surface area contributed by atoms with E-state index in [0.29, 0.717) is 51.0 Å². The smallest absolute Gasteiger partial charge is 0.380 e. The monoisotopic (exact) mass is 451 g/mol. The SMILES string of the molecule is COCC(=O)N1CC[C@H]2CN(c3ccc(C#N)c(C(F)(F)F)c3)C[C@@]2(COCC2CC2)C1. The van der Waals surface area contributed by atoms with Gasteiger partial charge in [-0.05, 0) is 49.3 Å². The molecule has 1 aliphatic carbocycles. The molecule has 0 spiro atoms. The van der Waals surface area contributed by atoms with Gasteiger partial charge in [0.05, 0.1) is 23.8 Å². The zero-order valence-electron chi connectivity index (χ0n) is 18.2. The van der Waals surface area contributed by atoms with Gasteiger partial charge in [-0.25, -0.2) is 0 Å². The summed E-state index contributed by atoms with van der Waals surface area (Å²) < 4.78 is 51.5. The van der Waals surface area contributed by atoms with E-state index in [1.165, 1.54) is 26.0 Å². The summed E-state index contributed by atoms with van der Waals surface area (Å²) in [4.78, 5) is 16.2. The van der Waals surface area contributed by atoms with Crippen LogP contribution in [0.3, 0.4) is 0 Å². The Morgan fingerprint density at radius 1 is 1.28 bits per heavy atom. The Balaban J connectivity index is 1.58. The Kier molecular flexibility index (Phi) is 6.37. The second kappa shape index (κ2) is 8.91. The second-order valence-electron chi connectivity index (χ2n) is 9.27. The Bertz CT molecular complexity index is 897. The van der Waals surface area contributed by atoms with Crippen molar-refractivity contribution in [1.29, 1.82) is 5.26 Å². The molecule has 0 N–H and O–H groups in total. The first kappa shape index (κ1) is 22.9. The molecule has 1 aromatic carbocycles. The van der Waals surface area contributed by atoms with Gasteiger partial charge in [0.1, 0.15) is 6.61 Å². The fraction of sp³-hybridized carbons (Fsp3) is 0.652. The van der Waals surface area contributed by atoms with E-state index in [4.69, 9.17) is 14.7 Å². The summed E-state index contributed by atoms with van der Waals surface area (Å²) in [5.41, 5.74) is -1.19. The van der Waals surface area contributed by atoms with Gasteiger partial charge in [0.15, 0.2) is 0 Å². The predicted octanol–water partition coefficient (Wildman–Crippen LogP) is 3.30. The lowest BCUT2D eigenvalue weighted by Crippen LogP contribution is -2.53. The number of carbonyl (C=O) groups is 1. The number of nitriles is 1. The molecule has 4 rings (SSSR count). The second-order valence-corrected chi connectivity index (χ2v) is 9.27. The van der Waals surface area contributed by atoms with E-state index in [1.54, 1.807) is 17.0 Å². The summed E-state index contributed by atoms with van der Waals surface area (Å²) >= 11 is 0. The van der Waals surface area contributed by atoms with Gasteiger partial charge in [-0.3, -0.25) is 4.79 Å². The largest absolute Gasteiger partial charge is 0.417 e. The van der Waals surface area contributed by atoms with Gasteiger partial charge in [-0.15, -0.1) is 0 Å². The number of likely N-dealkylation sites (tertiary alicyclic amines) is 1. The first-order valence-corrected chi connectivity index (χ1v) is 11.0. The molecule has 6 nitrogen and oxygen atoms in total. The highest BCUT2D eigenvalue weighted by Crippen LogP contribution is 2.45. The minimum atomic E-state index is -4.60. The van der Waals surface area contributed by atoms with Crippen LogP contribution in [0.2, 0.25) is 0 Å². The number of hydrogen-bond donors (Lipinski definition) is 0. The molecule has 2 heterocycles. The third kappa shape index (κ3) is 4.71. The van der Waals surface area contributed by atoms with Gasteiger partial charge >= 0.3 is 6.18 Å². The zero-order valence-corrected chi connectivity index (χ0v) is 18.2. The standard InChI is InChI=1S/C23H28F3N3O3/c1-31-12-21(30)28-7-6-18-10-29(14-22(18,13-28)15-32-11-16-2-3-16)19-5-4-17(9-27)20(8-19)23(24,25)26/h4-5,8,16,18H,2-3,6-7,10-15H2,1H3/t18-,22+/m0/s1. The molecule has 3 aliphatic rings. The maximum atomic E-state index is 13.5. The Morgan fingerprint density at radius 3 is 2.72 bits per heavy atom. The maximum Gasteiger partial charge on any atom is 0.417 e. The number of hydrogen-bond acceptors (Lipinski definition) is 5. The van der Waals surface area contributed by atoms with Crippen LogP contribution in [0, 0.1) is 28.6 Å². The first-order valence-electron chi connectivity index (χ1n) is 11.0. The van der Waals surface area contributed by atoms with Gasteiger partial charge in [0.25, 0.3) is 0 Å². The van der Waals surface area contributed by atoms with Gasteiger partial charge in [0.2, 0.25) is 5.91 Å². The highest BCUT2D eigenvalue weighted by atomic mass is 19.4. The maximum absolute atomic E-state index is 13.5. The van der Waals surface area contributed by atoms with E-state index in [1.807, 2.05) is 4.90 Å². The molecule has 1 aromatic rings. The molecule has 1 saturated carbocycles. The van der Waals surface area contributed by atoms with Gasteiger partial charge < -0.3 is 19.3 Å². The Morgan fingerprint density at radius 2 is 2.06 bits per heavy atom. The van der Waals surface area contributed by atoms with E-state index in [9.17, 15) is 18.0 Å². The summed E-state index contributed by atoms with van der Waals surface area (Å²) in [7, 11) is 1.49. The van der Waals surface area contributed by atoms with E-state index < -0.39 is 11.7 Å². The third-order valence-electron chi connectivity index (χ3n) is 6.92. The minimum Gasteiger partial charge on any atom is -0.380 e. The molecule has 0 bridgehead atoms. The molecule has 0 radical (unpaired) electrons. The Labute approximate surface area is 185 Å². The van der Waals surface area contributed by atoms with Crippen LogP contribution >= 0.6 is 0 Å². The summed E-state index contributed by atoms with van der Waals surface area (Å²) in [6, 6.07) is 5.53. The first-order chi connectivity index (χ1) is 15.3. The van der Waals surface area contributed by atoms with Crippen molar-refractivity contribution in [2.45, 2.75) is 25.4 Å². The molecule has 2 saturated heterocycles. The molecule has 1 amide bonds. The van der Waals surface area contributed by atoms with Gasteiger partial charge in [0, 0.05) is 51.0 Å². The number of fused-ring (bicyclic) bond motifs is 1. The molecular formula is C23H28F3N3O3. The molecule has 2 aliphatic heterocycles. The van der Waals surface area contributed by atoms with Crippen molar-refractivity contribution < 1.29 is 27.4 Å². The van der Waals surface area contributed by atoms with Gasteiger partial charge in [-0.1, -0.05) is 0 Å². The minimum absolute atomic E-state index is 0.0119. The van der Waals surface area contributed by atoms with Crippen molar-refractivity contribution in [2.75, 3.05) is 58.0 Å². The summed E-state index contributed by atoms with van der Waals surface area (Å²) in [6.45, 7) is 3.39. The number of carbonyl (C=O) groups excluding carboxylic acids is 1. The van der Waals surface area contributed by atoms with Crippen LogP contribution in [0.5, 0.6) is 0 Å². The lowest BCUT2D eigenvalue weighted by atomic mass is 9.74. The molecule has 2 atom stereocenters. The summed E-state index contributed by atoms with van der Waals surface area (Å²) in [5.74, 6) is 0.729. The number of methoxy groups -OCH3 is 1. The number of rotatable bonds is 7. The van der Waals surface area contributed by atoms with E-state index >= 15 is 0 Å². The lowest BCUT2D eigenvalue weighted by molar-refractivity contribution is -0.141. The summed E-state index contributed by atoms with van der Waals surface area (Å²) in [5, 5.41) is 9.09. The third-order valence-corrected chi connectivity index (χ3v) is 6.92. The number of piperidine rings is 1. The lowest BCUT2D eigenvalue weighted by Gasteiger charge is -2.43. The molecular weight excluding hydrogens is 423 g/mol. The van der Waals surface area contributed by atoms with Crippen LogP contribution in [0.15, 0.2) is 18.2 Å². The molecule has 9 heteroatoms. The van der Waals surface area contributed by atoms with E-state index in [2.05, 4.69) is 0 Å². The van der Waals surface area contributed by atoms with Crippen LogP contribution < -0.4 is 4.90 Å². The van der Waals surface area contributed by atoms with Crippen molar-refractivity contribution in [1.82, 2.24) is 4.90 Å². The fourth-order valence-corrected chi connectivity index (χ4v) is 4.99. The average molecular weight is 451 g/mol. The summed E-state index contributed by atoms with van der Waals surface area (Å²) in [6.07, 6.45) is -1.48. The number of nitrogens with zero attached hydrogens (tertiary/aromatic N) is 3. The number of amides is 1. The van der Waals surface area contributed by atoms with Crippen LogP contribution in [0.4, 0.5) is 18.9 Å². The van der Waals surface area contributed by atoms with Crippen LogP contribution in [0.25, 0.3) is 0 Å². The average Bonchev–Trinajstić information content (AvgIpc) is 3.50. The normalized spacial score (nSPS) is 25.5. The molecule has 0 aromatic heterocycles. The number of anilines is 1. The fourth-order valence-electron chi connectivity index (χ4n) is 4.99. The Hall–Kier alpha value is -2.31. The van der Waals surface area contributed by atoms with Gasteiger partial charge in [-0.2, -0.15) is 18.4 Å². The topological polar surface area (TPSA) is 65.8 Å². The van der Waals surface area contributed by atoms with Crippen molar-refractivity contribution in [3.05, 3.63) is 29.3 Å². The van der Waals surface area contributed by atoms with Crippen LogP contribution in [0.1, 0.15) is 30.4 Å².